The van der Waals surface area contributed by atoms with Crippen molar-refractivity contribution in [3.8, 4) is 0 Å². The van der Waals surface area contributed by atoms with Gasteiger partial charge in [0.05, 0.1) is 18.9 Å². The maximum Gasteiger partial charge on any atom is 0.307 e. The molecule has 0 aliphatic carbocycles. The summed E-state index contributed by atoms with van der Waals surface area (Å²) in [6, 6.07) is 9.11. The van der Waals surface area contributed by atoms with Gasteiger partial charge in [-0.2, -0.15) is 0 Å². The van der Waals surface area contributed by atoms with Crippen LogP contribution in [0.2, 0.25) is 0 Å². The molecule has 0 aliphatic rings. The Morgan fingerprint density at radius 1 is 1.29 bits per heavy atom. The number of carbonyl (C=O) groups is 2. The molecule has 0 radical (unpaired) electrons. The Morgan fingerprint density at radius 2 is 1.90 bits per heavy atom. The lowest BCUT2D eigenvalue weighted by Crippen LogP contribution is -2.36. The Morgan fingerprint density at radius 3 is 2.48 bits per heavy atom. The SMILES string of the molecule is CCOC(=O)CCNC(=O)C(C)C(N)c1ccccc1.Cl. The van der Waals surface area contributed by atoms with Crippen molar-refractivity contribution in [2.24, 2.45) is 11.7 Å². The summed E-state index contributed by atoms with van der Waals surface area (Å²) in [5.41, 5.74) is 6.98. The van der Waals surface area contributed by atoms with Gasteiger partial charge in [-0.1, -0.05) is 37.3 Å². The summed E-state index contributed by atoms with van der Waals surface area (Å²) in [5, 5.41) is 2.70. The Labute approximate surface area is 131 Å². The maximum atomic E-state index is 12.0. The van der Waals surface area contributed by atoms with Crippen LogP contribution in [0.15, 0.2) is 30.3 Å². The number of halogens is 1. The quantitative estimate of drug-likeness (QED) is 0.752. The summed E-state index contributed by atoms with van der Waals surface area (Å²) in [4.78, 5) is 23.1. The molecular weight excluding hydrogens is 292 g/mol. The van der Waals surface area contributed by atoms with E-state index in [1.165, 1.54) is 0 Å². The number of nitrogens with one attached hydrogen (secondary N) is 1. The van der Waals surface area contributed by atoms with Crippen LogP contribution in [0.5, 0.6) is 0 Å². The lowest BCUT2D eigenvalue weighted by atomic mass is 9.95. The smallest absolute Gasteiger partial charge is 0.307 e. The number of rotatable bonds is 7. The first-order valence-corrected chi connectivity index (χ1v) is 6.80. The Kier molecular flexibility index (Phi) is 9.41. The van der Waals surface area contributed by atoms with E-state index in [0.29, 0.717) is 6.61 Å². The van der Waals surface area contributed by atoms with Gasteiger partial charge in [0.25, 0.3) is 0 Å². The minimum absolute atomic E-state index is 0. The molecule has 0 aromatic heterocycles. The molecule has 3 N–H and O–H groups in total. The molecule has 0 saturated carbocycles. The molecule has 2 atom stereocenters. The van der Waals surface area contributed by atoms with Gasteiger partial charge in [-0.15, -0.1) is 12.4 Å². The predicted octanol–water partition coefficient (Wildman–Crippen LogP) is 1.81. The van der Waals surface area contributed by atoms with Gasteiger partial charge in [-0.25, -0.2) is 0 Å². The first kappa shape index (κ1) is 19.4. The van der Waals surface area contributed by atoms with Crippen LogP contribution < -0.4 is 11.1 Å². The van der Waals surface area contributed by atoms with Crippen LogP contribution in [0.3, 0.4) is 0 Å². The topological polar surface area (TPSA) is 81.4 Å². The fourth-order valence-corrected chi connectivity index (χ4v) is 1.81. The summed E-state index contributed by atoms with van der Waals surface area (Å²) < 4.78 is 4.79. The molecule has 0 fully saturated rings. The van der Waals surface area contributed by atoms with Gasteiger partial charge < -0.3 is 15.8 Å². The summed E-state index contributed by atoms with van der Waals surface area (Å²) in [5.74, 6) is -0.835. The fourth-order valence-electron chi connectivity index (χ4n) is 1.81. The van der Waals surface area contributed by atoms with Gasteiger partial charge in [-0.05, 0) is 12.5 Å². The van der Waals surface area contributed by atoms with Crippen LogP contribution in [0.25, 0.3) is 0 Å². The first-order chi connectivity index (χ1) is 9.56. The zero-order chi connectivity index (χ0) is 15.0. The van der Waals surface area contributed by atoms with Crippen LogP contribution in [0, 0.1) is 5.92 Å². The van der Waals surface area contributed by atoms with Crippen LogP contribution >= 0.6 is 12.4 Å². The van der Waals surface area contributed by atoms with E-state index in [-0.39, 0.29) is 49.2 Å². The van der Waals surface area contributed by atoms with Crippen molar-refractivity contribution in [1.29, 1.82) is 0 Å². The molecule has 0 saturated heterocycles. The number of amides is 1. The largest absolute Gasteiger partial charge is 0.466 e. The predicted molar refractivity (Wildman–Crippen MR) is 84.0 cm³/mol. The Balaban J connectivity index is 0.00000400. The lowest BCUT2D eigenvalue weighted by Gasteiger charge is -2.19. The van der Waals surface area contributed by atoms with Crippen molar-refractivity contribution in [3.05, 3.63) is 35.9 Å². The minimum Gasteiger partial charge on any atom is -0.466 e. The summed E-state index contributed by atoms with van der Waals surface area (Å²) in [7, 11) is 0. The molecule has 0 bridgehead atoms. The van der Waals surface area contributed by atoms with Crippen molar-refractivity contribution in [3.63, 3.8) is 0 Å². The highest BCUT2D eigenvalue weighted by molar-refractivity contribution is 5.85. The summed E-state index contributed by atoms with van der Waals surface area (Å²) in [6.45, 7) is 4.14. The maximum absolute atomic E-state index is 12.0. The normalized spacial score (nSPS) is 12.7. The molecule has 0 spiro atoms. The highest BCUT2D eigenvalue weighted by atomic mass is 35.5. The third-order valence-electron chi connectivity index (χ3n) is 3.07. The molecule has 1 aromatic carbocycles. The first-order valence-electron chi connectivity index (χ1n) is 6.80. The van der Waals surface area contributed by atoms with Crippen LogP contribution in [-0.4, -0.2) is 25.0 Å². The van der Waals surface area contributed by atoms with E-state index in [9.17, 15) is 9.59 Å². The third-order valence-corrected chi connectivity index (χ3v) is 3.07. The van der Waals surface area contributed by atoms with E-state index < -0.39 is 0 Å². The van der Waals surface area contributed by atoms with Crippen LogP contribution in [0.4, 0.5) is 0 Å². The second-order valence-electron chi connectivity index (χ2n) is 4.57. The van der Waals surface area contributed by atoms with E-state index in [1.807, 2.05) is 30.3 Å². The molecular formula is C15H23ClN2O3. The second kappa shape index (κ2) is 10.2. The van der Waals surface area contributed by atoms with Crippen molar-refractivity contribution in [1.82, 2.24) is 5.32 Å². The zero-order valence-electron chi connectivity index (χ0n) is 12.4. The molecule has 1 aromatic rings. The number of nitrogens with two attached hydrogens (primary N) is 1. The molecule has 0 aliphatic heterocycles. The van der Waals surface area contributed by atoms with Crippen LogP contribution in [0.1, 0.15) is 31.9 Å². The number of benzene rings is 1. The van der Waals surface area contributed by atoms with E-state index in [2.05, 4.69) is 5.32 Å². The highest BCUT2D eigenvalue weighted by Gasteiger charge is 2.21. The van der Waals surface area contributed by atoms with Crippen molar-refractivity contribution < 1.29 is 14.3 Å². The Hall–Kier alpha value is -1.59. The number of esters is 1. The third kappa shape index (κ3) is 6.60. The van der Waals surface area contributed by atoms with Gasteiger partial charge in [0.2, 0.25) is 5.91 Å². The molecule has 1 amide bonds. The van der Waals surface area contributed by atoms with E-state index in [0.717, 1.165) is 5.56 Å². The molecule has 21 heavy (non-hydrogen) atoms. The molecule has 0 heterocycles. The van der Waals surface area contributed by atoms with Gasteiger partial charge in [0.15, 0.2) is 0 Å². The van der Waals surface area contributed by atoms with E-state index in [1.54, 1.807) is 13.8 Å². The number of ether oxygens (including phenoxy) is 1. The minimum atomic E-state index is -0.362. The van der Waals surface area contributed by atoms with Gasteiger partial charge in [0, 0.05) is 12.6 Å². The monoisotopic (exact) mass is 314 g/mol. The van der Waals surface area contributed by atoms with Crippen molar-refractivity contribution in [2.45, 2.75) is 26.3 Å². The van der Waals surface area contributed by atoms with Crippen molar-refractivity contribution in [2.75, 3.05) is 13.2 Å². The second-order valence-corrected chi connectivity index (χ2v) is 4.57. The molecule has 5 nitrogen and oxygen atoms in total. The summed E-state index contributed by atoms with van der Waals surface area (Å²) in [6.07, 6.45) is 0.173. The van der Waals surface area contributed by atoms with Gasteiger partial charge >= 0.3 is 5.97 Å². The van der Waals surface area contributed by atoms with Crippen LogP contribution in [-0.2, 0) is 14.3 Å². The summed E-state index contributed by atoms with van der Waals surface area (Å²) >= 11 is 0. The highest BCUT2D eigenvalue weighted by Crippen LogP contribution is 2.18. The molecule has 118 valence electrons. The molecule has 1 rings (SSSR count). The number of carbonyl (C=O) groups excluding carboxylic acids is 2. The standard InChI is InChI=1S/C15H22N2O3.ClH/c1-3-20-13(18)9-10-17-15(19)11(2)14(16)12-7-5-4-6-8-12;/h4-8,11,14H,3,9-10,16H2,1-2H3,(H,17,19);1H. The lowest BCUT2D eigenvalue weighted by molar-refractivity contribution is -0.143. The number of hydrogen-bond donors (Lipinski definition) is 2. The van der Waals surface area contributed by atoms with Gasteiger partial charge in [-0.3, -0.25) is 9.59 Å². The van der Waals surface area contributed by atoms with E-state index in [4.69, 9.17) is 10.5 Å². The van der Waals surface area contributed by atoms with Gasteiger partial charge in [0.1, 0.15) is 0 Å². The van der Waals surface area contributed by atoms with Crippen molar-refractivity contribution >= 4 is 24.3 Å². The average molecular weight is 315 g/mol. The number of hydrogen-bond acceptors (Lipinski definition) is 4. The molecule has 6 heteroatoms. The Bertz CT molecular complexity index is 440. The van der Waals surface area contributed by atoms with E-state index >= 15 is 0 Å². The molecule has 2 unspecified atom stereocenters. The average Bonchev–Trinajstić information content (AvgIpc) is 2.46. The zero-order valence-corrected chi connectivity index (χ0v) is 13.2. The fraction of sp³-hybridized carbons (Fsp3) is 0.467.